The summed E-state index contributed by atoms with van der Waals surface area (Å²) in [6, 6.07) is 23.0. The third kappa shape index (κ3) is 2.52. The van der Waals surface area contributed by atoms with Crippen molar-refractivity contribution in [2.75, 3.05) is 0 Å². The van der Waals surface area contributed by atoms with Crippen LogP contribution >= 0.6 is 23.4 Å². The fourth-order valence-corrected chi connectivity index (χ4v) is 4.98. The predicted octanol–water partition coefficient (Wildman–Crippen LogP) is 7.20. The lowest BCUT2D eigenvalue weighted by Gasteiger charge is -2.22. The maximum Gasteiger partial charge on any atom is 0.277 e. The van der Waals surface area contributed by atoms with Crippen molar-refractivity contribution in [1.82, 2.24) is 0 Å². The van der Waals surface area contributed by atoms with Gasteiger partial charge in [0.2, 0.25) is 0 Å². The highest BCUT2D eigenvalue weighted by Crippen LogP contribution is 2.50. The van der Waals surface area contributed by atoms with E-state index in [0.717, 1.165) is 37.3 Å². The van der Waals surface area contributed by atoms with Crippen molar-refractivity contribution in [3.8, 4) is 22.3 Å². The van der Waals surface area contributed by atoms with Gasteiger partial charge in [-0.15, -0.1) is 0 Å². The molecule has 27 heavy (non-hydrogen) atoms. The van der Waals surface area contributed by atoms with E-state index < -0.39 is 0 Å². The van der Waals surface area contributed by atoms with Crippen molar-refractivity contribution in [3.63, 3.8) is 0 Å². The first-order valence-corrected chi connectivity index (χ1v) is 9.60. The predicted molar refractivity (Wildman–Crippen MR) is 111 cm³/mol. The summed E-state index contributed by atoms with van der Waals surface area (Å²) in [7, 11) is 0. The van der Waals surface area contributed by atoms with E-state index in [1.165, 1.54) is 0 Å². The second kappa shape index (κ2) is 6.12. The fraction of sp³-hybridized carbons (Fsp3) is 0. The Balaban J connectivity index is 1.86. The number of nitro groups is 1. The molecule has 1 aliphatic rings. The first-order valence-electron chi connectivity index (χ1n) is 8.41. The number of hydrogen-bond acceptors (Lipinski definition) is 3. The van der Waals surface area contributed by atoms with Gasteiger partial charge in [-0.3, -0.25) is 10.1 Å². The minimum atomic E-state index is -0.325. The van der Waals surface area contributed by atoms with Gasteiger partial charge in [-0.2, -0.15) is 0 Å². The van der Waals surface area contributed by atoms with Gasteiger partial charge in [0, 0.05) is 26.3 Å². The van der Waals surface area contributed by atoms with Crippen molar-refractivity contribution < 1.29 is 4.92 Å². The fourth-order valence-electron chi connectivity index (χ4n) is 3.70. The Hall–Kier alpha value is -2.82. The first kappa shape index (κ1) is 16.4. The molecule has 5 heteroatoms. The van der Waals surface area contributed by atoms with Crippen LogP contribution in [0.1, 0.15) is 0 Å². The highest BCUT2D eigenvalue weighted by molar-refractivity contribution is 7.99. The lowest BCUT2D eigenvalue weighted by molar-refractivity contribution is -0.384. The number of halogens is 1. The summed E-state index contributed by atoms with van der Waals surface area (Å²) in [4.78, 5) is 13.5. The van der Waals surface area contributed by atoms with E-state index in [-0.39, 0.29) is 10.6 Å². The first-order chi connectivity index (χ1) is 13.1. The van der Waals surface area contributed by atoms with Crippen LogP contribution in [-0.4, -0.2) is 4.92 Å². The van der Waals surface area contributed by atoms with Gasteiger partial charge in [0.05, 0.1) is 10.5 Å². The highest BCUT2D eigenvalue weighted by atomic mass is 35.5. The molecule has 0 fully saturated rings. The molecule has 0 amide bonds. The zero-order chi connectivity index (χ0) is 18.5. The van der Waals surface area contributed by atoms with Crippen LogP contribution in [0.25, 0.3) is 33.0 Å². The summed E-state index contributed by atoms with van der Waals surface area (Å²) in [6.45, 7) is 0. The molecule has 0 spiro atoms. The summed E-state index contributed by atoms with van der Waals surface area (Å²) in [6.07, 6.45) is 0. The highest BCUT2D eigenvalue weighted by Gasteiger charge is 2.23. The van der Waals surface area contributed by atoms with Crippen molar-refractivity contribution in [1.29, 1.82) is 0 Å². The van der Waals surface area contributed by atoms with Crippen LogP contribution in [0.15, 0.2) is 82.6 Å². The molecule has 0 aromatic heterocycles. The molecule has 0 N–H and O–H groups in total. The summed E-state index contributed by atoms with van der Waals surface area (Å²) in [5.41, 5.74) is 3.83. The van der Waals surface area contributed by atoms with Crippen LogP contribution in [0.4, 0.5) is 5.69 Å². The lowest BCUT2D eigenvalue weighted by Crippen LogP contribution is -1.96. The average Bonchev–Trinajstić information content (AvgIpc) is 2.69. The number of hydrogen-bond donors (Lipinski definition) is 0. The van der Waals surface area contributed by atoms with Gasteiger partial charge in [-0.05, 0) is 52.4 Å². The van der Waals surface area contributed by atoms with Crippen LogP contribution in [0.5, 0.6) is 0 Å². The molecule has 130 valence electrons. The molecule has 3 nitrogen and oxygen atoms in total. The zero-order valence-corrected chi connectivity index (χ0v) is 15.6. The maximum absolute atomic E-state index is 11.5. The van der Waals surface area contributed by atoms with E-state index in [9.17, 15) is 10.1 Å². The van der Waals surface area contributed by atoms with Crippen LogP contribution in [0.3, 0.4) is 0 Å². The van der Waals surface area contributed by atoms with E-state index in [1.54, 1.807) is 23.9 Å². The largest absolute Gasteiger partial charge is 0.277 e. The minimum Gasteiger partial charge on any atom is -0.258 e. The Labute approximate surface area is 164 Å². The molecule has 0 aliphatic carbocycles. The normalized spacial score (nSPS) is 12.0. The van der Waals surface area contributed by atoms with Gasteiger partial charge in [0.15, 0.2) is 0 Å². The van der Waals surface area contributed by atoms with Gasteiger partial charge in [-0.1, -0.05) is 59.8 Å². The van der Waals surface area contributed by atoms with E-state index >= 15 is 0 Å². The van der Waals surface area contributed by atoms with Gasteiger partial charge in [0.1, 0.15) is 0 Å². The number of rotatable bonds is 2. The summed E-state index contributed by atoms with van der Waals surface area (Å²) in [5, 5.41) is 14.3. The molecule has 0 bridgehead atoms. The molecule has 4 aromatic carbocycles. The minimum absolute atomic E-state index is 0.116. The molecule has 5 rings (SSSR count). The average molecular weight is 390 g/mol. The molecule has 4 aromatic rings. The van der Waals surface area contributed by atoms with Crippen LogP contribution in [0.2, 0.25) is 5.02 Å². The van der Waals surface area contributed by atoms with Gasteiger partial charge in [0.25, 0.3) is 5.69 Å². The van der Waals surface area contributed by atoms with Crippen LogP contribution < -0.4 is 0 Å². The summed E-state index contributed by atoms with van der Waals surface area (Å²) >= 11 is 7.94. The van der Waals surface area contributed by atoms with E-state index in [4.69, 9.17) is 11.6 Å². The molecule has 1 aliphatic heterocycles. The van der Waals surface area contributed by atoms with Gasteiger partial charge >= 0.3 is 0 Å². The Bertz CT molecular complexity index is 1250. The number of nitro benzene ring substituents is 1. The lowest BCUT2D eigenvalue weighted by atomic mass is 9.92. The number of para-hydroxylation sites is 1. The Morgan fingerprint density at radius 2 is 1.56 bits per heavy atom. The van der Waals surface area contributed by atoms with E-state index in [1.807, 2.05) is 48.5 Å². The molecule has 0 saturated carbocycles. The molecular formula is C22H12ClNO2S. The Morgan fingerprint density at radius 3 is 2.41 bits per heavy atom. The molecule has 0 saturated heterocycles. The topological polar surface area (TPSA) is 43.1 Å². The van der Waals surface area contributed by atoms with Gasteiger partial charge in [-0.25, -0.2) is 0 Å². The van der Waals surface area contributed by atoms with Crippen molar-refractivity contribution in [2.45, 2.75) is 9.79 Å². The van der Waals surface area contributed by atoms with Crippen molar-refractivity contribution >= 4 is 39.8 Å². The third-order valence-corrected chi connectivity index (χ3v) is 6.22. The van der Waals surface area contributed by atoms with Crippen LogP contribution in [0, 0.1) is 10.1 Å². The van der Waals surface area contributed by atoms with E-state index in [2.05, 4.69) is 12.1 Å². The monoisotopic (exact) mass is 389 g/mol. The molecular weight excluding hydrogens is 378 g/mol. The Morgan fingerprint density at radius 1 is 0.778 bits per heavy atom. The van der Waals surface area contributed by atoms with Crippen LogP contribution in [-0.2, 0) is 0 Å². The quantitative estimate of drug-likeness (QED) is 0.237. The summed E-state index contributed by atoms with van der Waals surface area (Å²) in [5.74, 6) is 0. The zero-order valence-electron chi connectivity index (χ0n) is 14.0. The number of nitrogens with zero attached hydrogens (tertiary/aromatic N) is 1. The molecule has 0 radical (unpaired) electrons. The maximum atomic E-state index is 11.5. The van der Waals surface area contributed by atoms with Crippen molar-refractivity contribution in [2.24, 2.45) is 0 Å². The molecule has 1 heterocycles. The Kier molecular flexibility index (Phi) is 3.71. The second-order valence-corrected chi connectivity index (χ2v) is 7.88. The smallest absolute Gasteiger partial charge is 0.258 e. The standard InChI is InChI=1S/C22H12ClNO2S/c23-13-8-10-20-18(12-13)17-6-3-5-16-14(9-11-21(27-20)22(16)17)15-4-1-2-7-19(15)24(25)26/h1-12H. The van der Waals surface area contributed by atoms with Gasteiger partial charge < -0.3 is 0 Å². The number of benzene rings is 4. The van der Waals surface area contributed by atoms with E-state index in [0.29, 0.717) is 10.6 Å². The number of fused-ring (bicyclic) bond motifs is 2. The van der Waals surface area contributed by atoms with Crippen molar-refractivity contribution in [3.05, 3.63) is 87.9 Å². The SMILES string of the molecule is O=[N+]([O-])c1ccccc1-c1ccc2c3c(cccc13)-c1cc(Cl)ccc1S2. The third-order valence-electron chi connectivity index (χ3n) is 4.85. The molecule has 0 unspecified atom stereocenters. The second-order valence-electron chi connectivity index (χ2n) is 6.36. The molecule has 0 atom stereocenters. The summed E-state index contributed by atoms with van der Waals surface area (Å²) < 4.78 is 0.